The van der Waals surface area contributed by atoms with E-state index in [0.717, 1.165) is 12.1 Å². The van der Waals surface area contributed by atoms with Gasteiger partial charge in [0.1, 0.15) is 5.69 Å². The van der Waals surface area contributed by atoms with Gasteiger partial charge in [-0.15, -0.1) is 0 Å². The number of nitrogen functional groups attached to an aromatic ring is 1. The van der Waals surface area contributed by atoms with E-state index in [1.165, 1.54) is 6.34 Å². The molecule has 162 valence electrons. The Labute approximate surface area is 196 Å². The van der Waals surface area contributed by atoms with Gasteiger partial charge in [0.2, 0.25) is 0 Å². The van der Waals surface area contributed by atoms with Gasteiger partial charge in [-0.1, -0.05) is 23.2 Å². The molecule has 0 amide bonds. The van der Waals surface area contributed by atoms with Crippen molar-refractivity contribution in [3.63, 3.8) is 0 Å². The standard InChI is InChI=1S/C10H9BrClFN2O2.C7H4BrClFNO2/c1-15(2)4-14-9-5(10(16)17)3-6(12)7(11)8(9)13;8-4-3(9)1-2(7(12)13)6(11)5(4)10/h3-4H,1-2H3,(H,16,17);1H,11H2,(H,12,13). The highest BCUT2D eigenvalue weighted by Gasteiger charge is 2.20. The third kappa shape index (κ3) is 6.27. The monoisotopic (exact) mass is 589 g/mol. The fourth-order valence-electron chi connectivity index (χ4n) is 1.83. The summed E-state index contributed by atoms with van der Waals surface area (Å²) in [5.41, 5.74) is 3.89. The SMILES string of the molecule is CN(C)C=Nc1c(C(=O)O)cc(Cl)c(Br)c1F.Nc1c(C(=O)O)cc(Cl)c(Br)c1F. The van der Waals surface area contributed by atoms with Crippen LogP contribution in [0.3, 0.4) is 0 Å². The molecule has 0 aliphatic carbocycles. The lowest BCUT2D eigenvalue weighted by molar-refractivity contribution is 0.0686. The highest BCUT2D eigenvalue weighted by atomic mass is 79.9. The molecule has 0 spiro atoms. The predicted octanol–water partition coefficient (Wildman–Crippen LogP) is 5.68. The lowest BCUT2D eigenvalue weighted by atomic mass is 10.2. The van der Waals surface area contributed by atoms with Crippen LogP contribution in [0.5, 0.6) is 0 Å². The van der Waals surface area contributed by atoms with Crippen LogP contribution in [0, 0.1) is 11.6 Å². The molecule has 13 heteroatoms. The third-order valence-electron chi connectivity index (χ3n) is 3.22. The Bertz CT molecular complexity index is 1040. The molecular formula is C17H13Br2Cl2F2N3O4. The number of halogens is 6. The molecule has 0 aliphatic rings. The maximum absolute atomic E-state index is 13.8. The molecule has 30 heavy (non-hydrogen) atoms. The second-order valence-corrected chi connectivity index (χ2v) is 8.05. The molecule has 0 heterocycles. The molecule has 0 unspecified atom stereocenters. The van der Waals surface area contributed by atoms with E-state index < -0.39 is 29.3 Å². The number of nitrogens with two attached hydrogens (primary N) is 1. The van der Waals surface area contributed by atoms with E-state index >= 15 is 0 Å². The van der Waals surface area contributed by atoms with Crippen molar-refractivity contribution >= 4 is 84.7 Å². The number of anilines is 1. The summed E-state index contributed by atoms with van der Waals surface area (Å²) >= 11 is 17.0. The molecule has 0 aromatic heterocycles. The van der Waals surface area contributed by atoms with E-state index in [2.05, 4.69) is 36.9 Å². The number of carboxylic acid groups (broad SMARTS) is 2. The van der Waals surface area contributed by atoms with Crippen LogP contribution < -0.4 is 5.73 Å². The Hall–Kier alpha value is -1.95. The van der Waals surface area contributed by atoms with Crippen molar-refractivity contribution in [1.82, 2.24) is 4.90 Å². The first-order valence-electron chi connectivity index (χ1n) is 7.57. The average molecular weight is 592 g/mol. The van der Waals surface area contributed by atoms with Crippen molar-refractivity contribution < 1.29 is 28.6 Å². The van der Waals surface area contributed by atoms with Gasteiger partial charge < -0.3 is 20.8 Å². The number of benzene rings is 2. The van der Waals surface area contributed by atoms with Gasteiger partial charge in [0.15, 0.2) is 11.6 Å². The van der Waals surface area contributed by atoms with E-state index in [4.69, 9.17) is 39.1 Å². The maximum atomic E-state index is 13.8. The first-order chi connectivity index (χ1) is 13.8. The van der Waals surface area contributed by atoms with Gasteiger partial charge in [-0.2, -0.15) is 0 Å². The van der Waals surface area contributed by atoms with Crippen molar-refractivity contribution in [2.45, 2.75) is 0 Å². The van der Waals surface area contributed by atoms with Gasteiger partial charge >= 0.3 is 11.9 Å². The summed E-state index contributed by atoms with van der Waals surface area (Å²) in [5.74, 6) is -4.26. The van der Waals surface area contributed by atoms with Crippen LogP contribution in [0.25, 0.3) is 0 Å². The van der Waals surface area contributed by atoms with Crippen LogP contribution >= 0.6 is 55.1 Å². The molecule has 0 saturated heterocycles. The Balaban J connectivity index is 0.000000311. The zero-order chi connectivity index (χ0) is 23.3. The summed E-state index contributed by atoms with van der Waals surface area (Å²) in [6.07, 6.45) is 1.31. The number of nitrogens with zero attached hydrogens (tertiary/aromatic N) is 2. The lowest BCUT2D eigenvalue weighted by Crippen LogP contribution is -2.08. The number of hydrogen-bond acceptors (Lipinski definition) is 4. The third-order valence-corrected chi connectivity index (χ3v) is 5.82. The second-order valence-electron chi connectivity index (χ2n) is 5.65. The average Bonchev–Trinajstić information content (AvgIpc) is 2.66. The second kappa shape index (κ2) is 10.9. The van der Waals surface area contributed by atoms with Crippen molar-refractivity contribution in [3.8, 4) is 0 Å². The number of carboxylic acids is 2. The summed E-state index contributed by atoms with van der Waals surface area (Å²) in [4.78, 5) is 26.8. The van der Waals surface area contributed by atoms with Crippen molar-refractivity contribution in [3.05, 3.63) is 53.9 Å². The lowest BCUT2D eigenvalue weighted by Gasteiger charge is -2.08. The van der Waals surface area contributed by atoms with E-state index in [0.29, 0.717) is 0 Å². The fraction of sp³-hybridized carbons (Fsp3) is 0.118. The van der Waals surface area contributed by atoms with Crippen molar-refractivity contribution in [2.75, 3.05) is 19.8 Å². The quantitative estimate of drug-likeness (QED) is 0.182. The first-order valence-corrected chi connectivity index (χ1v) is 9.91. The Morgan fingerprint density at radius 3 is 1.90 bits per heavy atom. The van der Waals surface area contributed by atoms with E-state index in [1.54, 1.807) is 19.0 Å². The minimum atomic E-state index is -1.31. The molecule has 0 aliphatic heterocycles. The fourth-order valence-corrected chi connectivity index (χ4v) is 2.85. The molecular weight excluding hydrogens is 579 g/mol. The largest absolute Gasteiger partial charge is 0.478 e. The number of carbonyl (C=O) groups is 2. The van der Waals surface area contributed by atoms with Crippen molar-refractivity contribution in [1.29, 1.82) is 0 Å². The molecule has 0 atom stereocenters. The highest BCUT2D eigenvalue weighted by molar-refractivity contribution is 9.10. The smallest absolute Gasteiger partial charge is 0.338 e. The van der Waals surface area contributed by atoms with Crippen LogP contribution in [-0.4, -0.2) is 47.5 Å². The molecule has 0 saturated carbocycles. The Morgan fingerprint density at radius 1 is 1.03 bits per heavy atom. The topological polar surface area (TPSA) is 116 Å². The van der Waals surface area contributed by atoms with Crippen LogP contribution in [-0.2, 0) is 0 Å². The molecule has 0 radical (unpaired) electrons. The molecule has 2 aromatic carbocycles. The zero-order valence-corrected chi connectivity index (χ0v) is 19.9. The van der Waals surface area contributed by atoms with Crippen LogP contribution in [0.1, 0.15) is 20.7 Å². The first kappa shape index (κ1) is 26.1. The van der Waals surface area contributed by atoms with Crippen molar-refractivity contribution in [2.24, 2.45) is 4.99 Å². The molecule has 0 bridgehead atoms. The van der Waals surface area contributed by atoms with Crippen LogP contribution in [0.15, 0.2) is 26.1 Å². The van der Waals surface area contributed by atoms with Gasteiger partial charge in [0.25, 0.3) is 0 Å². The zero-order valence-electron chi connectivity index (χ0n) is 15.2. The molecule has 4 N–H and O–H groups in total. The molecule has 7 nitrogen and oxygen atoms in total. The molecule has 0 fully saturated rings. The Kier molecular flexibility index (Phi) is 9.47. The number of hydrogen-bond donors (Lipinski definition) is 3. The maximum Gasteiger partial charge on any atom is 0.338 e. The van der Waals surface area contributed by atoms with E-state index in [9.17, 15) is 18.4 Å². The summed E-state index contributed by atoms with van der Waals surface area (Å²) in [5, 5.41) is 17.5. The van der Waals surface area contributed by atoms with E-state index in [1.807, 2.05) is 0 Å². The highest BCUT2D eigenvalue weighted by Crippen LogP contribution is 2.35. The van der Waals surface area contributed by atoms with Gasteiger partial charge in [-0.25, -0.2) is 23.4 Å². The number of rotatable bonds is 4. The number of aliphatic imine (C=N–C) groups is 1. The van der Waals surface area contributed by atoms with E-state index in [-0.39, 0.29) is 35.8 Å². The minimum absolute atomic E-state index is 0.00456. The minimum Gasteiger partial charge on any atom is -0.478 e. The summed E-state index contributed by atoms with van der Waals surface area (Å²) in [6, 6.07) is 2.24. The summed E-state index contributed by atoms with van der Waals surface area (Å²) in [6.45, 7) is 0. The summed E-state index contributed by atoms with van der Waals surface area (Å²) < 4.78 is 26.9. The van der Waals surface area contributed by atoms with Gasteiger partial charge in [-0.05, 0) is 44.0 Å². The van der Waals surface area contributed by atoms with Gasteiger partial charge in [0.05, 0.1) is 42.1 Å². The van der Waals surface area contributed by atoms with Crippen LogP contribution in [0.4, 0.5) is 20.2 Å². The molecule has 2 rings (SSSR count). The van der Waals surface area contributed by atoms with Gasteiger partial charge in [-0.3, -0.25) is 0 Å². The molecule has 2 aromatic rings. The normalized spacial score (nSPS) is 10.5. The number of aromatic carboxylic acids is 2. The van der Waals surface area contributed by atoms with Crippen LogP contribution in [0.2, 0.25) is 10.0 Å². The van der Waals surface area contributed by atoms with Gasteiger partial charge in [0, 0.05) is 14.1 Å². The summed E-state index contributed by atoms with van der Waals surface area (Å²) in [7, 11) is 3.37. The Morgan fingerprint density at radius 2 is 1.47 bits per heavy atom. The predicted molar refractivity (Wildman–Crippen MR) is 118 cm³/mol.